The number of hydrogen-bond acceptors (Lipinski definition) is 4. The zero-order valence-corrected chi connectivity index (χ0v) is 17.0. The molecule has 154 valence electrons. The normalized spacial score (nSPS) is 10.5. The summed E-state index contributed by atoms with van der Waals surface area (Å²) in [6.07, 6.45) is 1.66. The van der Waals surface area contributed by atoms with E-state index in [1.54, 1.807) is 60.8 Å². The van der Waals surface area contributed by atoms with Crippen molar-refractivity contribution in [2.24, 2.45) is 0 Å². The van der Waals surface area contributed by atoms with E-state index in [0.29, 0.717) is 34.6 Å². The third-order valence-corrected chi connectivity index (χ3v) is 4.71. The molecule has 1 heterocycles. The van der Waals surface area contributed by atoms with Crippen molar-refractivity contribution >= 4 is 34.1 Å². The predicted molar refractivity (Wildman–Crippen MR) is 122 cm³/mol. The first-order valence-electron chi connectivity index (χ1n) is 9.93. The molecule has 0 atom stereocenters. The Bertz CT molecular complexity index is 1210. The number of nitrogens with zero attached hydrogens (tertiary/aromatic N) is 1. The topological polar surface area (TPSA) is 80.3 Å². The lowest BCUT2D eigenvalue weighted by atomic mass is 10.1. The van der Waals surface area contributed by atoms with Crippen molar-refractivity contribution in [3.63, 3.8) is 0 Å². The lowest BCUT2D eigenvalue weighted by Crippen LogP contribution is -2.14. The fraction of sp³-hybridized carbons (Fsp3) is 0.0800. The zero-order valence-electron chi connectivity index (χ0n) is 17.0. The number of benzene rings is 3. The largest absolute Gasteiger partial charge is 0.494 e. The molecule has 2 amide bonds. The summed E-state index contributed by atoms with van der Waals surface area (Å²) in [6.45, 7) is 2.51. The van der Waals surface area contributed by atoms with E-state index in [2.05, 4.69) is 15.6 Å². The minimum atomic E-state index is -0.254. The van der Waals surface area contributed by atoms with E-state index in [9.17, 15) is 9.59 Å². The maximum Gasteiger partial charge on any atom is 0.257 e. The average Bonchev–Trinajstić information content (AvgIpc) is 2.80. The van der Waals surface area contributed by atoms with Gasteiger partial charge in [-0.3, -0.25) is 14.6 Å². The molecule has 0 aliphatic carbocycles. The summed E-state index contributed by atoms with van der Waals surface area (Å²) in [6, 6.07) is 23.1. The highest BCUT2D eigenvalue weighted by molar-refractivity contribution is 6.12. The summed E-state index contributed by atoms with van der Waals surface area (Å²) in [5, 5.41) is 6.60. The quantitative estimate of drug-likeness (QED) is 0.460. The van der Waals surface area contributed by atoms with Gasteiger partial charge < -0.3 is 15.4 Å². The van der Waals surface area contributed by atoms with Gasteiger partial charge in [-0.05, 0) is 67.6 Å². The molecule has 0 fully saturated rings. The van der Waals surface area contributed by atoms with Gasteiger partial charge in [-0.1, -0.05) is 18.2 Å². The molecule has 0 radical (unpaired) electrons. The lowest BCUT2D eigenvalue weighted by molar-refractivity contribution is 0.102. The van der Waals surface area contributed by atoms with Gasteiger partial charge in [-0.25, -0.2) is 0 Å². The van der Waals surface area contributed by atoms with Gasteiger partial charge in [-0.15, -0.1) is 0 Å². The highest BCUT2D eigenvalue weighted by Crippen LogP contribution is 2.19. The van der Waals surface area contributed by atoms with Crippen LogP contribution in [0.5, 0.6) is 5.75 Å². The van der Waals surface area contributed by atoms with Crippen LogP contribution in [0.15, 0.2) is 85.1 Å². The van der Waals surface area contributed by atoms with E-state index >= 15 is 0 Å². The van der Waals surface area contributed by atoms with Crippen LogP contribution < -0.4 is 15.4 Å². The first kappa shape index (κ1) is 20.1. The molecule has 0 saturated carbocycles. The number of para-hydroxylation sites is 1. The van der Waals surface area contributed by atoms with Crippen molar-refractivity contribution in [2.75, 3.05) is 17.2 Å². The molecule has 0 aliphatic rings. The molecule has 6 heteroatoms. The van der Waals surface area contributed by atoms with Crippen LogP contribution in [-0.4, -0.2) is 23.4 Å². The van der Waals surface area contributed by atoms with Crippen LogP contribution >= 0.6 is 0 Å². The Morgan fingerprint density at radius 1 is 0.806 bits per heavy atom. The number of hydrogen-bond donors (Lipinski definition) is 2. The fourth-order valence-corrected chi connectivity index (χ4v) is 3.20. The molecular formula is C25H21N3O3. The second kappa shape index (κ2) is 9.09. The molecule has 6 nitrogen and oxygen atoms in total. The van der Waals surface area contributed by atoms with E-state index in [4.69, 9.17) is 4.74 Å². The zero-order chi connectivity index (χ0) is 21.6. The Balaban J connectivity index is 1.43. The number of carbonyl (C=O) groups excluding carboxylic acids is 2. The van der Waals surface area contributed by atoms with Crippen molar-refractivity contribution in [1.82, 2.24) is 4.98 Å². The minimum Gasteiger partial charge on any atom is -0.494 e. The van der Waals surface area contributed by atoms with Gasteiger partial charge in [0.25, 0.3) is 11.8 Å². The first-order chi connectivity index (χ1) is 15.1. The van der Waals surface area contributed by atoms with Gasteiger partial charge >= 0.3 is 0 Å². The molecule has 4 aromatic rings. The Kier molecular flexibility index (Phi) is 5.89. The van der Waals surface area contributed by atoms with Crippen LogP contribution in [0.25, 0.3) is 10.9 Å². The van der Waals surface area contributed by atoms with E-state index in [0.717, 1.165) is 11.1 Å². The number of nitrogens with one attached hydrogen (secondary N) is 2. The Labute approximate surface area is 179 Å². The van der Waals surface area contributed by atoms with Gasteiger partial charge in [0.1, 0.15) is 5.75 Å². The van der Waals surface area contributed by atoms with Gasteiger partial charge in [0.2, 0.25) is 0 Å². The highest BCUT2D eigenvalue weighted by Gasteiger charge is 2.12. The Morgan fingerprint density at radius 3 is 2.16 bits per heavy atom. The molecule has 0 unspecified atom stereocenters. The predicted octanol–water partition coefficient (Wildman–Crippen LogP) is 5.14. The van der Waals surface area contributed by atoms with Crippen molar-refractivity contribution in [3.8, 4) is 5.75 Å². The molecule has 31 heavy (non-hydrogen) atoms. The number of aromatic nitrogens is 1. The minimum absolute atomic E-state index is 0.236. The van der Waals surface area contributed by atoms with Crippen LogP contribution in [0.2, 0.25) is 0 Å². The molecule has 0 bridgehead atoms. The molecule has 0 aliphatic heterocycles. The number of amides is 2. The molecule has 3 aromatic carbocycles. The number of fused-ring (bicyclic) bond motifs is 1. The second-order valence-corrected chi connectivity index (χ2v) is 6.82. The summed E-state index contributed by atoms with van der Waals surface area (Å²) in [5.41, 5.74) is 2.90. The van der Waals surface area contributed by atoms with Crippen molar-refractivity contribution in [2.45, 2.75) is 6.92 Å². The van der Waals surface area contributed by atoms with E-state index in [-0.39, 0.29) is 11.8 Å². The number of pyridine rings is 1. The van der Waals surface area contributed by atoms with Gasteiger partial charge in [0.05, 0.1) is 17.7 Å². The highest BCUT2D eigenvalue weighted by atomic mass is 16.5. The first-order valence-corrected chi connectivity index (χ1v) is 9.93. The summed E-state index contributed by atoms with van der Waals surface area (Å²) >= 11 is 0. The standard InChI is InChI=1S/C25H21N3O3/c1-2-31-21-14-12-20(13-15-21)27-24(29)18-8-10-19(11-9-18)28-25(30)22-7-3-5-17-6-4-16-26-23(17)22/h3-16H,2H2,1H3,(H,27,29)(H,28,30). The van der Waals surface area contributed by atoms with Gasteiger partial charge in [0.15, 0.2) is 0 Å². The van der Waals surface area contributed by atoms with Gasteiger partial charge in [-0.2, -0.15) is 0 Å². The lowest BCUT2D eigenvalue weighted by Gasteiger charge is -2.09. The number of rotatable bonds is 6. The number of anilines is 2. The third-order valence-electron chi connectivity index (χ3n) is 4.71. The van der Waals surface area contributed by atoms with Crippen molar-refractivity contribution < 1.29 is 14.3 Å². The van der Waals surface area contributed by atoms with Crippen molar-refractivity contribution in [3.05, 3.63) is 96.2 Å². The van der Waals surface area contributed by atoms with Crippen LogP contribution in [0.4, 0.5) is 11.4 Å². The SMILES string of the molecule is CCOc1ccc(NC(=O)c2ccc(NC(=O)c3cccc4cccnc34)cc2)cc1. The average molecular weight is 411 g/mol. The number of carbonyl (C=O) groups is 2. The van der Waals surface area contributed by atoms with E-state index in [1.807, 2.05) is 31.2 Å². The number of ether oxygens (including phenoxy) is 1. The summed E-state index contributed by atoms with van der Waals surface area (Å²) in [4.78, 5) is 29.5. The third kappa shape index (κ3) is 4.70. The van der Waals surface area contributed by atoms with E-state index < -0.39 is 0 Å². The Morgan fingerprint density at radius 2 is 1.45 bits per heavy atom. The smallest absolute Gasteiger partial charge is 0.257 e. The summed E-state index contributed by atoms with van der Waals surface area (Å²) in [7, 11) is 0. The molecule has 1 aromatic heterocycles. The molecule has 4 rings (SSSR count). The molecule has 0 saturated heterocycles. The van der Waals surface area contributed by atoms with Crippen LogP contribution in [0.3, 0.4) is 0 Å². The maximum absolute atomic E-state index is 12.7. The molecule has 2 N–H and O–H groups in total. The van der Waals surface area contributed by atoms with Crippen LogP contribution in [0, 0.1) is 0 Å². The molecule has 0 spiro atoms. The maximum atomic E-state index is 12.7. The van der Waals surface area contributed by atoms with E-state index in [1.165, 1.54) is 0 Å². The Hall–Kier alpha value is -4.19. The molecular weight excluding hydrogens is 390 g/mol. The monoisotopic (exact) mass is 411 g/mol. The fourth-order valence-electron chi connectivity index (χ4n) is 3.20. The van der Waals surface area contributed by atoms with Crippen molar-refractivity contribution in [1.29, 1.82) is 0 Å². The van der Waals surface area contributed by atoms with Crippen LogP contribution in [0.1, 0.15) is 27.6 Å². The summed E-state index contributed by atoms with van der Waals surface area (Å²) in [5.74, 6) is 0.262. The van der Waals surface area contributed by atoms with Crippen LogP contribution in [-0.2, 0) is 0 Å². The van der Waals surface area contributed by atoms with Gasteiger partial charge in [0, 0.05) is 28.5 Å². The second-order valence-electron chi connectivity index (χ2n) is 6.82. The summed E-state index contributed by atoms with van der Waals surface area (Å²) < 4.78 is 5.40.